The molecular formula is C29H30ClN3O5. The number of aromatic amines is 1. The number of benzene rings is 3. The number of nitrogens with one attached hydrogen (secondary N) is 3. The summed E-state index contributed by atoms with van der Waals surface area (Å²) in [6.07, 6.45) is 2.15. The van der Waals surface area contributed by atoms with Crippen molar-refractivity contribution >= 4 is 40.1 Å². The van der Waals surface area contributed by atoms with E-state index in [0.717, 1.165) is 27.6 Å². The molecule has 0 bridgehead atoms. The van der Waals surface area contributed by atoms with E-state index in [2.05, 4.69) is 15.6 Å². The largest absolute Gasteiger partial charge is 0.490 e. The molecule has 3 aromatic carbocycles. The van der Waals surface area contributed by atoms with Crippen molar-refractivity contribution in [3.8, 4) is 11.5 Å². The molecule has 1 amide bonds. The fraction of sp³-hybridized carbons (Fsp3) is 0.241. The first kappa shape index (κ1) is 27.0. The van der Waals surface area contributed by atoms with Gasteiger partial charge in [-0.1, -0.05) is 47.5 Å². The highest BCUT2D eigenvalue weighted by Crippen LogP contribution is 2.37. The molecule has 1 atom stereocenters. The molecule has 0 spiro atoms. The maximum absolute atomic E-state index is 12.4. The summed E-state index contributed by atoms with van der Waals surface area (Å²) in [4.78, 5) is 27.6. The van der Waals surface area contributed by atoms with Gasteiger partial charge in [0.15, 0.2) is 18.1 Å². The number of carbonyl (C=O) groups is 2. The van der Waals surface area contributed by atoms with E-state index in [1.54, 1.807) is 12.1 Å². The van der Waals surface area contributed by atoms with Crippen LogP contribution in [0.4, 0.5) is 5.69 Å². The number of aryl methyl sites for hydroxylation is 1. The van der Waals surface area contributed by atoms with Gasteiger partial charge >= 0.3 is 5.97 Å². The van der Waals surface area contributed by atoms with E-state index in [9.17, 15) is 14.7 Å². The average molecular weight is 536 g/mol. The lowest BCUT2D eigenvalue weighted by atomic mass is 10.0. The number of aliphatic carboxylic acids is 1. The fourth-order valence-electron chi connectivity index (χ4n) is 4.11. The van der Waals surface area contributed by atoms with Crippen molar-refractivity contribution in [2.45, 2.75) is 32.9 Å². The summed E-state index contributed by atoms with van der Waals surface area (Å²) in [5.74, 6) is -0.654. The van der Waals surface area contributed by atoms with Crippen LogP contribution in [0.15, 0.2) is 66.9 Å². The summed E-state index contributed by atoms with van der Waals surface area (Å²) in [6, 6.07) is 17.8. The third-order valence-electron chi connectivity index (χ3n) is 6.00. The number of hydrogen-bond acceptors (Lipinski definition) is 5. The Kier molecular flexibility index (Phi) is 8.89. The Morgan fingerprint density at radius 2 is 1.84 bits per heavy atom. The second kappa shape index (κ2) is 12.5. The van der Waals surface area contributed by atoms with Crippen molar-refractivity contribution in [2.75, 3.05) is 18.5 Å². The first-order chi connectivity index (χ1) is 18.3. The smallest absolute Gasteiger partial charge is 0.321 e. The molecule has 1 aromatic heterocycles. The number of amides is 1. The molecule has 0 unspecified atom stereocenters. The summed E-state index contributed by atoms with van der Waals surface area (Å²) in [6.45, 7) is 4.15. The monoisotopic (exact) mass is 535 g/mol. The number of aromatic nitrogens is 1. The number of fused-ring (bicyclic) bond motifs is 1. The second-order valence-corrected chi connectivity index (χ2v) is 9.28. The standard InChI is InChI=1S/C29H30ClN3O5/c1-3-37-26-13-19(12-23(30)28(26)38-17-27(34)33-21-10-8-18(2)9-11-21)15-31-25(29(35)36)14-20-16-32-24-7-5-4-6-22(20)24/h4-13,16,25,31-32H,3,14-15,17H2,1-2H3,(H,33,34)(H,35,36)/t25-/m0/s1. The first-order valence-electron chi connectivity index (χ1n) is 12.3. The molecule has 4 aromatic rings. The molecule has 198 valence electrons. The van der Waals surface area contributed by atoms with Gasteiger partial charge in [-0.3, -0.25) is 9.59 Å². The highest BCUT2D eigenvalue weighted by atomic mass is 35.5. The molecule has 4 N–H and O–H groups in total. The zero-order valence-electron chi connectivity index (χ0n) is 21.2. The SMILES string of the molecule is CCOc1cc(CN[C@@H](Cc2c[nH]c3ccccc23)C(=O)O)cc(Cl)c1OCC(=O)Nc1ccc(C)cc1. The van der Waals surface area contributed by atoms with Crippen molar-refractivity contribution in [3.63, 3.8) is 0 Å². The van der Waals surface area contributed by atoms with E-state index < -0.39 is 12.0 Å². The van der Waals surface area contributed by atoms with Gasteiger partial charge in [-0.15, -0.1) is 0 Å². The average Bonchev–Trinajstić information content (AvgIpc) is 3.30. The van der Waals surface area contributed by atoms with Crippen LogP contribution in [-0.2, 0) is 22.6 Å². The van der Waals surface area contributed by atoms with Gasteiger partial charge in [0, 0.05) is 35.8 Å². The predicted octanol–water partition coefficient (Wildman–Crippen LogP) is 5.33. The molecule has 0 saturated heterocycles. The molecule has 0 aliphatic rings. The number of halogens is 1. The minimum Gasteiger partial charge on any atom is -0.490 e. The van der Waals surface area contributed by atoms with Crippen LogP contribution in [0.5, 0.6) is 11.5 Å². The third kappa shape index (κ3) is 6.85. The molecule has 0 fully saturated rings. The van der Waals surface area contributed by atoms with Crippen LogP contribution in [0.25, 0.3) is 10.9 Å². The van der Waals surface area contributed by atoms with Gasteiger partial charge in [0.25, 0.3) is 5.91 Å². The molecule has 0 aliphatic carbocycles. The molecule has 0 aliphatic heterocycles. The summed E-state index contributed by atoms with van der Waals surface area (Å²) in [5.41, 5.74) is 4.36. The summed E-state index contributed by atoms with van der Waals surface area (Å²) < 4.78 is 11.4. The Morgan fingerprint density at radius 3 is 2.58 bits per heavy atom. The van der Waals surface area contributed by atoms with E-state index >= 15 is 0 Å². The van der Waals surface area contributed by atoms with Gasteiger partial charge < -0.3 is 30.2 Å². The highest BCUT2D eigenvalue weighted by Gasteiger charge is 2.20. The second-order valence-electron chi connectivity index (χ2n) is 8.88. The normalized spacial score (nSPS) is 11.8. The molecule has 8 nitrogen and oxygen atoms in total. The predicted molar refractivity (Wildman–Crippen MR) is 148 cm³/mol. The minimum absolute atomic E-state index is 0.243. The van der Waals surface area contributed by atoms with Crippen molar-refractivity contribution in [1.82, 2.24) is 10.3 Å². The van der Waals surface area contributed by atoms with Crippen LogP contribution in [0.1, 0.15) is 23.6 Å². The highest BCUT2D eigenvalue weighted by molar-refractivity contribution is 6.32. The van der Waals surface area contributed by atoms with Crippen LogP contribution in [0.2, 0.25) is 5.02 Å². The van der Waals surface area contributed by atoms with Gasteiger partial charge in [0.05, 0.1) is 11.6 Å². The van der Waals surface area contributed by atoms with Gasteiger partial charge in [0.2, 0.25) is 0 Å². The fourth-order valence-corrected chi connectivity index (χ4v) is 4.39. The summed E-state index contributed by atoms with van der Waals surface area (Å²) in [7, 11) is 0. The number of anilines is 1. The van der Waals surface area contributed by atoms with Gasteiger partial charge in [-0.2, -0.15) is 0 Å². The van der Waals surface area contributed by atoms with Crippen molar-refractivity contribution < 1.29 is 24.2 Å². The molecular weight excluding hydrogens is 506 g/mol. The molecule has 9 heteroatoms. The maximum Gasteiger partial charge on any atom is 0.321 e. The number of carbonyl (C=O) groups excluding carboxylic acids is 1. The van der Waals surface area contributed by atoms with Crippen LogP contribution >= 0.6 is 11.6 Å². The number of carboxylic acids is 1. The Balaban J connectivity index is 1.42. The van der Waals surface area contributed by atoms with Crippen molar-refractivity contribution in [1.29, 1.82) is 0 Å². The zero-order valence-corrected chi connectivity index (χ0v) is 22.0. The van der Waals surface area contributed by atoms with Crippen LogP contribution in [0, 0.1) is 6.92 Å². The lowest BCUT2D eigenvalue weighted by Crippen LogP contribution is -2.38. The van der Waals surface area contributed by atoms with Crippen LogP contribution in [-0.4, -0.2) is 41.2 Å². The lowest BCUT2D eigenvalue weighted by Gasteiger charge is -2.17. The number of H-pyrrole nitrogens is 1. The van der Waals surface area contributed by atoms with Crippen LogP contribution in [0.3, 0.4) is 0 Å². The van der Waals surface area contributed by atoms with Crippen molar-refractivity contribution in [3.05, 3.63) is 88.6 Å². The van der Waals surface area contributed by atoms with Crippen molar-refractivity contribution in [2.24, 2.45) is 0 Å². The van der Waals surface area contributed by atoms with E-state index in [1.165, 1.54) is 0 Å². The summed E-state index contributed by atoms with van der Waals surface area (Å²) in [5, 5.41) is 17.0. The number of hydrogen-bond donors (Lipinski definition) is 4. The van der Waals surface area contributed by atoms with E-state index in [0.29, 0.717) is 24.5 Å². The zero-order chi connectivity index (χ0) is 27.1. The Morgan fingerprint density at radius 1 is 1.08 bits per heavy atom. The van der Waals surface area contributed by atoms with Gasteiger partial charge in [-0.05, 0) is 55.3 Å². The molecule has 38 heavy (non-hydrogen) atoms. The number of carboxylic acid groups (broad SMARTS) is 1. The van der Waals surface area contributed by atoms with E-state index in [1.807, 2.05) is 68.6 Å². The lowest BCUT2D eigenvalue weighted by molar-refractivity contribution is -0.139. The molecule has 1 heterocycles. The first-order valence-corrected chi connectivity index (χ1v) is 12.7. The maximum atomic E-state index is 12.4. The number of ether oxygens (including phenoxy) is 2. The van der Waals surface area contributed by atoms with Gasteiger partial charge in [-0.25, -0.2) is 0 Å². The Bertz CT molecular complexity index is 1420. The number of para-hydroxylation sites is 1. The topological polar surface area (TPSA) is 113 Å². The third-order valence-corrected chi connectivity index (χ3v) is 6.28. The van der Waals surface area contributed by atoms with Crippen LogP contribution < -0.4 is 20.1 Å². The van der Waals surface area contributed by atoms with E-state index in [4.69, 9.17) is 21.1 Å². The minimum atomic E-state index is -0.953. The quantitative estimate of drug-likeness (QED) is 0.195. The molecule has 0 radical (unpaired) electrons. The van der Waals surface area contributed by atoms with Gasteiger partial charge in [0.1, 0.15) is 6.04 Å². The molecule has 4 rings (SSSR count). The molecule has 0 saturated carbocycles. The Labute approximate surface area is 225 Å². The number of rotatable bonds is 12. The summed E-state index contributed by atoms with van der Waals surface area (Å²) >= 11 is 6.50. The Hall–Kier alpha value is -4.01. The van der Waals surface area contributed by atoms with E-state index in [-0.39, 0.29) is 29.8 Å².